The molecule has 0 radical (unpaired) electrons. The Labute approximate surface area is 200 Å². The molecule has 34 heavy (non-hydrogen) atoms. The van der Waals surface area contributed by atoms with E-state index in [1.807, 2.05) is 36.9 Å². The number of ether oxygens (including phenoxy) is 3. The van der Waals surface area contributed by atoms with E-state index in [4.69, 9.17) is 14.2 Å². The second-order valence-electron chi connectivity index (χ2n) is 9.16. The number of amides is 1. The number of rotatable bonds is 4. The van der Waals surface area contributed by atoms with E-state index in [9.17, 15) is 13.2 Å². The van der Waals surface area contributed by atoms with Gasteiger partial charge in [-0.3, -0.25) is 4.79 Å². The first kappa shape index (κ1) is 23.1. The van der Waals surface area contributed by atoms with Crippen molar-refractivity contribution in [3.63, 3.8) is 0 Å². The molecule has 3 atom stereocenters. The highest BCUT2D eigenvalue weighted by molar-refractivity contribution is 7.89. The largest absolute Gasteiger partial charge is 0.486 e. The van der Waals surface area contributed by atoms with Crippen LogP contribution in [0.25, 0.3) is 0 Å². The van der Waals surface area contributed by atoms with Gasteiger partial charge in [-0.2, -0.15) is 4.31 Å². The predicted molar refractivity (Wildman–Crippen MR) is 126 cm³/mol. The third kappa shape index (κ3) is 4.39. The molecule has 0 aromatic heterocycles. The number of benzene rings is 2. The Morgan fingerprint density at radius 2 is 1.62 bits per heavy atom. The van der Waals surface area contributed by atoms with E-state index in [1.54, 1.807) is 12.1 Å². The van der Waals surface area contributed by atoms with Gasteiger partial charge in [-0.05, 0) is 68.7 Å². The molecule has 0 aliphatic carbocycles. The van der Waals surface area contributed by atoms with Crippen molar-refractivity contribution in [1.29, 1.82) is 0 Å². The minimum Gasteiger partial charge on any atom is -0.486 e. The zero-order valence-electron chi connectivity index (χ0n) is 19.5. The molecule has 5 rings (SSSR count). The van der Waals surface area contributed by atoms with E-state index in [0.29, 0.717) is 44.2 Å². The molecule has 3 aliphatic rings. The quantitative estimate of drug-likeness (QED) is 0.660. The maximum Gasteiger partial charge on any atom is 0.254 e. The summed E-state index contributed by atoms with van der Waals surface area (Å²) in [5.74, 6) is 1.34. The molecule has 0 unspecified atom stereocenters. The number of carbonyl (C=O) groups is 1. The molecule has 2 aromatic carbocycles. The van der Waals surface area contributed by atoms with Gasteiger partial charge in [-0.25, -0.2) is 8.42 Å². The molecule has 0 N–H and O–H groups in total. The Bertz CT molecular complexity index is 1160. The Kier molecular flexibility index (Phi) is 6.26. The smallest absolute Gasteiger partial charge is 0.254 e. The van der Waals surface area contributed by atoms with Gasteiger partial charge in [0.05, 0.1) is 23.1 Å². The average Bonchev–Trinajstić information content (AvgIpc) is 3.33. The first-order chi connectivity index (χ1) is 16.3. The van der Waals surface area contributed by atoms with Gasteiger partial charge in [0.25, 0.3) is 5.91 Å². The van der Waals surface area contributed by atoms with Crippen molar-refractivity contribution >= 4 is 15.9 Å². The fraction of sp³-hybridized carbons (Fsp3) is 0.480. The van der Waals surface area contributed by atoms with Gasteiger partial charge >= 0.3 is 0 Å². The Balaban J connectivity index is 1.34. The van der Waals surface area contributed by atoms with Crippen LogP contribution in [0, 0.1) is 0 Å². The van der Waals surface area contributed by atoms with Crippen LogP contribution in [0.15, 0.2) is 47.4 Å². The van der Waals surface area contributed by atoms with Crippen molar-refractivity contribution in [3.05, 3.63) is 53.6 Å². The molecule has 2 fully saturated rings. The second kappa shape index (κ2) is 9.20. The van der Waals surface area contributed by atoms with Crippen LogP contribution in [0.1, 0.15) is 48.7 Å². The Morgan fingerprint density at radius 3 is 2.32 bits per heavy atom. The fourth-order valence-electron chi connectivity index (χ4n) is 5.03. The van der Waals surface area contributed by atoms with Crippen LogP contribution in [0.4, 0.5) is 0 Å². The third-order valence-electron chi connectivity index (χ3n) is 6.59. The predicted octanol–water partition coefficient (Wildman–Crippen LogP) is 3.23. The number of hydrogen-bond acceptors (Lipinski definition) is 6. The molecule has 0 bridgehead atoms. The van der Waals surface area contributed by atoms with Gasteiger partial charge in [0.1, 0.15) is 13.2 Å². The van der Waals surface area contributed by atoms with Crippen molar-refractivity contribution in [2.24, 2.45) is 0 Å². The monoisotopic (exact) mass is 486 g/mol. The first-order valence-corrected chi connectivity index (χ1v) is 13.2. The summed E-state index contributed by atoms with van der Waals surface area (Å²) in [7, 11) is -3.65. The maximum absolute atomic E-state index is 13.4. The van der Waals surface area contributed by atoms with Crippen molar-refractivity contribution in [2.45, 2.75) is 49.8 Å². The lowest BCUT2D eigenvalue weighted by Crippen LogP contribution is -2.48. The van der Waals surface area contributed by atoms with E-state index in [2.05, 4.69) is 0 Å². The third-order valence-corrected chi connectivity index (χ3v) is 8.44. The molecule has 8 nitrogen and oxygen atoms in total. The molecule has 3 aliphatic heterocycles. The SMILES string of the molecule is C[C@@H]1CN(S(=O)(=O)c2ccc(C(=O)N3CCC[C@H]3c3ccc4c(c3)OCCO4)cc2)C[C@@H](C)O1. The van der Waals surface area contributed by atoms with Crippen LogP contribution in [0.5, 0.6) is 11.5 Å². The number of likely N-dealkylation sites (tertiary alicyclic amines) is 1. The summed E-state index contributed by atoms with van der Waals surface area (Å²) in [4.78, 5) is 15.4. The standard InChI is InChI=1S/C25H30N2O6S/c1-17-15-26(16-18(2)33-17)34(29,30)21-8-5-19(6-9-21)25(28)27-11-3-4-22(27)20-7-10-23-24(14-20)32-13-12-31-23/h5-10,14,17-18,22H,3-4,11-13,15-16H2,1-2H3/t17-,18-,22+/m1/s1. The highest BCUT2D eigenvalue weighted by Crippen LogP contribution is 2.38. The minimum atomic E-state index is -3.65. The molecule has 2 saturated heterocycles. The summed E-state index contributed by atoms with van der Waals surface area (Å²) in [5, 5.41) is 0. The van der Waals surface area contributed by atoms with E-state index in [0.717, 1.165) is 24.2 Å². The normalized spacial score (nSPS) is 25.4. The number of carbonyl (C=O) groups excluding carboxylic acids is 1. The molecule has 182 valence electrons. The summed E-state index contributed by atoms with van der Waals surface area (Å²) in [6.45, 7) is 6.08. The fourth-order valence-corrected chi connectivity index (χ4v) is 6.63. The minimum absolute atomic E-state index is 0.0527. The molecule has 0 spiro atoms. The Hall–Kier alpha value is -2.62. The Morgan fingerprint density at radius 1 is 0.941 bits per heavy atom. The summed E-state index contributed by atoms with van der Waals surface area (Å²) < 4.78 is 44.7. The average molecular weight is 487 g/mol. The molecule has 2 aromatic rings. The second-order valence-corrected chi connectivity index (χ2v) is 11.1. The van der Waals surface area contributed by atoms with Gasteiger partial charge in [0.15, 0.2) is 11.5 Å². The van der Waals surface area contributed by atoms with Crippen LogP contribution >= 0.6 is 0 Å². The zero-order valence-corrected chi connectivity index (χ0v) is 20.3. The van der Waals surface area contributed by atoms with Crippen LogP contribution in [-0.4, -0.2) is 68.6 Å². The highest BCUT2D eigenvalue weighted by Gasteiger charge is 2.34. The van der Waals surface area contributed by atoms with Crippen molar-refractivity contribution in [2.75, 3.05) is 32.8 Å². The number of morpholine rings is 1. The molecule has 0 saturated carbocycles. The van der Waals surface area contributed by atoms with Gasteiger partial charge in [0, 0.05) is 25.2 Å². The molecule has 1 amide bonds. The lowest BCUT2D eigenvalue weighted by Gasteiger charge is -2.34. The van der Waals surface area contributed by atoms with Gasteiger partial charge < -0.3 is 19.1 Å². The van der Waals surface area contributed by atoms with Gasteiger partial charge in [0.2, 0.25) is 10.0 Å². The lowest BCUT2D eigenvalue weighted by molar-refractivity contribution is -0.0440. The summed E-state index contributed by atoms with van der Waals surface area (Å²) in [5.41, 5.74) is 1.50. The van der Waals surface area contributed by atoms with Crippen molar-refractivity contribution < 1.29 is 27.4 Å². The lowest BCUT2D eigenvalue weighted by atomic mass is 10.0. The van der Waals surface area contributed by atoms with Crippen LogP contribution in [0.3, 0.4) is 0 Å². The number of fused-ring (bicyclic) bond motifs is 1. The molecular formula is C25H30N2O6S. The molecule has 3 heterocycles. The molecule has 9 heteroatoms. The maximum atomic E-state index is 13.4. The number of sulfonamides is 1. The van der Waals surface area contributed by atoms with Crippen molar-refractivity contribution in [1.82, 2.24) is 9.21 Å². The summed E-state index contributed by atoms with van der Waals surface area (Å²) >= 11 is 0. The zero-order chi connectivity index (χ0) is 23.9. The topological polar surface area (TPSA) is 85.4 Å². The van der Waals surface area contributed by atoms with E-state index in [-0.39, 0.29) is 29.1 Å². The van der Waals surface area contributed by atoms with Gasteiger partial charge in [-0.15, -0.1) is 0 Å². The van der Waals surface area contributed by atoms with Crippen molar-refractivity contribution in [3.8, 4) is 11.5 Å². The first-order valence-electron chi connectivity index (χ1n) is 11.8. The summed E-state index contributed by atoms with van der Waals surface area (Å²) in [6, 6.07) is 12.1. The van der Waals surface area contributed by atoms with Gasteiger partial charge in [-0.1, -0.05) is 6.07 Å². The number of nitrogens with zero attached hydrogens (tertiary/aromatic N) is 2. The van der Waals surface area contributed by atoms with Crippen LogP contribution < -0.4 is 9.47 Å². The summed E-state index contributed by atoms with van der Waals surface area (Å²) in [6.07, 6.45) is 1.45. The highest BCUT2D eigenvalue weighted by atomic mass is 32.2. The van der Waals surface area contributed by atoms with Crippen LogP contribution in [-0.2, 0) is 14.8 Å². The molecular weight excluding hydrogens is 456 g/mol. The van der Waals surface area contributed by atoms with E-state index in [1.165, 1.54) is 16.4 Å². The number of hydrogen-bond donors (Lipinski definition) is 0. The van der Waals surface area contributed by atoms with E-state index >= 15 is 0 Å². The van der Waals surface area contributed by atoms with Crippen LogP contribution in [0.2, 0.25) is 0 Å². The van der Waals surface area contributed by atoms with E-state index < -0.39 is 10.0 Å².